The molecule has 6 heteroatoms. The summed E-state index contributed by atoms with van der Waals surface area (Å²) in [5.74, 6) is 2.06. The van der Waals surface area contributed by atoms with Gasteiger partial charge >= 0.3 is 0 Å². The lowest BCUT2D eigenvalue weighted by Gasteiger charge is -2.10. The van der Waals surface area contributed by atoms with Gasteiger partial charge in [0.1, 0.15) is 11.6 Å². The van der Waals surface area contributed by atoms with Crippen molar-refractivity contribution in [2.24, 2.45) is 0 Å². The average Bonchev–Trinajstić information content (AvgIpc) is 2.74. The van der Waals surface area contributed by atoms with E-state index in [0.717, 1.165) is 22.5 Å². The quantitative estimate of drug-likeness (QED) is 0.585. The minimum atomic E-state index is 0.479. The Hall–Kier alpha value is -3.67. The van der Waals surface area contributed by atoms with E-state index in [-0.39, 0.29) is 0 Å². The molecule has 132 valence electrons. The third-order valence-corrected chi connectivity index (χ3v) is 3.95. The SMILES string of the molecule is Cc1cnc(CNc2cc(-c3ccccn3)nc(-c3ccccc3)n2)nc1. The Bertz CT molecular complexity index is 960. The van der Waals surface area contributed by atoms with Crippen LogP contribution in [0.25, 0.3) is 22.8 Å². The van der Waals surface area contributed by atoms with E-state index < -0.39 is 0 Å². The number of hydrogen-bond donors (Lipinski definition) is 1. The Morgan fingerprint density at radius 2 is 1.59 bits per heavy atom. The highest BCUT2D eigenvalue weighted by molar-refractivity contribution is 5.65. The van der Waals surface area contributed by atoms with Crippen LogP contribution in [0, 0.1) is 6.92 Å². The van der Waals surface area contributed by atoms with E-state index in [9.17, 15) is 0 Å². The van der Waals surface area contributed by atoms with E-state index >= 15 is 0 Å². The molecular formula is C21H18N6. The van der Waals surface area contributed by atoms with E-state index in [0.29, 0.717) is 24.0 Å². The van der Waals surface area contributed by atoms with E-state index in [1.807, 2.05) is 61.5 Å². The van der Waals surface area contributed by atoms with Crippen LogP contribution in [0.3, 0.4) is 0 Å². The molecular weight excluding hydrogens is 336 g/mol. The summed E-state index contributed by atoms with van der Waals surface area (Å²) in [5.41, 5.74) is 3.54. The first-order valence-electron chi connectivity index (χ1n) is 8.65. The summed E-state index contributed by atoms with van der Waals surface area (Å²) in [5, 5.41) is 3.30. The summed E-state index contributed by atoms with van der Waals surface area (Å²) in [6, 6.07) is 17.6. The molecule has 0 aliphatic rings. The number of anilines is 1. The van der Waals surface area contributed by atoms with Crippen molar-refractivity contribution in [3.8, 4) is 22.8 Å². The fraction of sp³-hybridized carbons (Fsp3) is 0.0952. The Kier molecular flexibility index (Phi) is 4.78. The molecule has 27 heavy (non-hydrogen) atoms. The zero-order chi connectivity index (χ0) is 18.5. The molecule has 0 amide bonds. The molecule has 1 N–H and O–H groups in total. The molecule has 4 rings (SSSR count). The zero-order valence-corrected chi connectivity index (χ0v) is 14.9. The molecule has 0 spiro atoms. The van der Waals surface area contributed by atoms with E-state index in [2.05, 4.69) is 25.3 Å². The van der Waals surface area contributed by atoms with Crippen molar-refractivity contribution in [1.82, 2.24) is 24.9 Å². The van der Waals surface area contributed by atoms with Gasteiger partial charge in [-0.25, -0.2) is 19.9 Å². The number of benzene rings is 1. The summed E-state index contributed by atoms with van der Waals surface area (Å²) in [7, 11) is 0. The van der Waals surface area contributed by atoms with E-state index in [1.165, 1.54) is 0 Å². The minimum absolute atomic E-state index is 0.479. The van der Waals surface area contributed by atoms with Gasteiger partial charge in [-0.2, -0.15) is 0 Å². The van der Waals surface area contributed by atoms with Gasteiger partial charge in [0.15, 0.2) is 5.82 Å². The molecule has 0 unspecified atom stereocenters. The van der Waals surface area contributed by atoms with Gasteiger partial charge in [0.25, 0.3) is 0 Å². The summed E-state index contributed by atoms with van der Waals surface area (Å²) in [6.45, 7) is 2.44. The largest absolute Gasteiger partial charge is 0.363 e. The van der Waals surface area contributed by atoms with Crippen LogP contribution in [-0.2, 0) is 6.54 Å². The number of nitrogens with one attached hydrogen (secondary N) is 1. The summed E-state index contributed by atoms with van der Waals surface area (Å²) >= 11 is 0. The third-order valence-electron chi connectivity index (χ3n) is 3.95. The van der Waals surface area contributed by atoms with Gasteiger partial charge < -0.3 is 5.32 Å². The van der Waals surface area contributed by atoms with Crippen LogP contribution in [-0.4, -0.2) is 24.9 Å². The number of pyridine rings is 1. The lowest BCUT2D eigenvalue weighted by Crippen LogP contribution is -2.07. The van der Waals surface area contributed by atoms with Crippen molar-refractivity contribution in [3.05, 3.63) is 84.6 Å². The van der Waals surface area contributed by atoms with E-state index in [4.69, 9.17) is 4.98 Å². The maximum absolute atomic E-state index is 4.70. The summed E-state index contributed by atoms with van der Waals surface area (Å²) in [6.07, 6.45) is 5.37. The fourth-order valence-electron chi connectivity index (χ4n) is 2.58. The Balaban J connectivity index is 1.68. The van der Waals surface area contributed by atoms with Gasteiger partial charge in [-0.05, 0) is 24.6 Å². The standard InChI is InChI=1S/C21H18N6/c1-15-12-23-20(24-13-15)14-25-19-11-18(17-9-5-6-10-22-17)26-21(27-19)16-7-3-2-4-8-16/h2-13H,14H2,1H3,(H,25,26,27). The van der Waals surface area contributed by atoms with Gasteiger partial charge in [-0.1, -0.05) is 36.4 Å². The lowest BCUT2D eigenvalue weighted by molar-refractivity contribution is 0.929. The highest BCUT2D eigenvalue weighted by atomic mass is 15.1. The number of rotatable bonds is 5. The fourth-order valence-corrected chi connectivity index (χ4v) is 2.58. The van der Waals surface area contributed by atoms with Gasteiger partial charge in [-0.3, -0.25) is 4.98 Å². The average molecular weight is 354 g/mol. The molecule has 4 aromatic rings. The number of hydrogen-bond acceptors (Lipinski definition) is 6. The van der Waals surface area contributed by atoms with Crippen molar-refractivity contribution < 1.29 is 0 Å². The first-order chi connectivity index (χ1) is 13.3. The van der Waals surface area contributed by atoms with E-state index in [1.54, 1.807) is 18.6 Å². The molecule has 6 nitrogen and oxygen atoms in total. The second-order valence-corrected chi connectivity index (χ2v) is 6.07. The highest BCUT2D eigenvalue weighted by Crippen LogP contribution is 2.23. The smallest absolute Gasteiger partial charge is 0.162 e. The highest BCUT2D eigenvalue weighted by Gasteiger charge is 2.09. The predicted molar refractivity (Wildman–Crippen MR) is 105 cm³/mol. The second-order valence-electron chi connectivity index (χ2n) is 6.07. The van der Waals surface area contributed by atoms with Crippen LogP contribution in [0.1, 0.15) is 11.4 Å². The number of aryl methyl sites for hydroxylation is 1. The molecule has 0 saturated heterocycles. The maximum atomic E-state index is 4.70. The Morgan fingerprint density at radius 3 is 2.33 bits per heavy atom. The van der Waals surface area contributed by atoms with Crippen LogP contribution in [0.5, 0.6) is 0 Å². The third kappa shape index (κ3) is 4.12. The molecule has 0 bridgehead atoms. The Labute approximate surface area is 157 Å². The predicted octanol–water partition coefficient (Wildman–Crippen LogP) is 3.92. The summed E-state index contributed by atoms with van der Waals surface area (Å²) in [4.78, 5) is 22.4. The molecule has 0 aliphatic heterocycles. The first-order valence-corrected chi connectivity index (χ1v) is 8.65. The lowest BCUT2D eigenvalue weighted by atomic mass is 10.2. The monoisotopic (exact) mass is 354 g/mol. The van der Waals surface area contributed by atoms with Crippen molar-refractivity contribution in [2.45, 2.75) is 13.5 Å². The molecule has 1 aromatic carbocycles. The van der Waals surface area contributed by atoms with Crippen LogP contribution < -0.4 is 5.32 Å². The van der Waals surface area contributed by atoms with Crippen molar-refractivity contribution >= 4 is 5.82 Å². The minimum Gasteiger partial charge on any atom is -0.363 e. The molecule has 0 saturated carbocycles. The normalized spacial score (nSPS) is 10.6. The molecule has 3 heterocycles. The number of nitrogens with zero attached hydrogens (tertiary/aromatic N) is 5. The second kappa shape index (κ2) is 7.70. The van der Waals surface area contributed by atoms with Crippen molar-refractivity contribution in [3.63, 3.8) is 0 Å². The van der Waals surface area contributed by atoms with Crippen molar-refractivity contribution in [1.29, 1.82) is 0 Å². The summed E-state index contributed by atoms with van der Waals surface area (Å²) < 4.78 is 0. The van der Waals surface area contributed by atoms with Crippen LogP contribution in [0.4, 0.5) is 5.82 Å². The topological polar surface area (TPSA) is 76.5 Å². The molecule has 0 atom stereocenters. The first kappa shape index (κ1) is 16.8. The van der Waals surface area contributed by atoms with Crippen LogP contribution in [0.15, 0.2) is 73.2 Å². The number of aromatic nitrogens is 5. The van der Waals surface area contributed by atoms with Crippen molar-refractivity contribution in [2.75, 3.05) is 5.32 Å². The maximum Gasteiger partial charge on any atom is 0.162 e. The van der Waals surface area contributed by atoms with Gasteiger partial charge in [0.05, 0.1) is 17.9 Å². The molecule has 3 aromatic heterocycles. The van der Waals surface area contributed by atoms with Crippen LogP contribution in [0.2, 0.25) is 0 Å². The van der Waals surface area contributed by atoms with Gasteiger partial charge in [-0.15, -0.1) is 0 Å². The molecule has 0 aliphatic carbocycles. The molecule has 0 radical (unpaired) electrons. The van der Waals surface area contributed by atoms with Gasteiger partial charge in [0, 0.05) is 30.2 Å². The molecule has 0 fully saturated rings. The Morgan fingerprint density at radius 1 is 0.815 bits per heavy atom. The van der Waals surface area contributed by atoms with Crippen LogP contribution >= 0.6 is 0 Å². The zero-order valence-electron chi connectivity index (χ0n) is 14.9. The van der Waals surface area contributed by atoms with Gasteiger partial charge in [0.2, 0.25) is 0 Å².